The van der Waals surface area contributed by atoms with E-state index in [9.17, 15) is 4.79 Å². The van der Waals surface area contributed by atoms with Crippen molar-refractivity contribution in [3.05, 3.63) is 12.2 Å². The van der Waals surface area contributed by atoms with Gasteiger partial charge in [0, 0.05) is 6.08 Å². The van der Waals surface area contributed by atoms with Crippen LogP contribution in [0.3, 0.4) is 0 Å². The monoisotopic (exact) mass is 328 g/mol. The van der Waals surface area contributed by atoms with Gasteiger partial charge in [-0.25, -0.2) is 4.79 Å². The lowest BCUT2D eigenvalue weighted by Gasteiger charge is -2.24. The number of esters is 1. The molecule has 0 saturated carbocycles. The first-order chi connectivity index (χ1) is 10.6. The van der Waals surface area contributed by atoms with Crippen LogP contribution in [-0.4, -0.2) is 24.8 Å². The molecule has 0 spiro atoms. The summed E-state index contributed by atoms with van der Waals surface area (Å²) >= 11 is 0. The smallest absolute Gasteiger partial charge is 0.330 e. The Balaban J connectivity index is 0. The van der Waals surface area contributed by atoms with E-state index in [0.717, 1.165) is 25.4 Å². The summed E-state index contributed by atoms with van der Waals surface area (Å²) in [6.07, 6.45) is 7.72. The third-order valence-corrected chi connectivity index (χ3v) is 2.73. The van der Waals surface area contributed by atoms with Crippen molar-refractivity contribution < 1.29 is 14.3 Å². The summed E-state index contributed by atoms with van der Waals surface area (Å²) in [7, 11) is 0. The molecule has 3 nitrogen and oxygen atoms in total. The van der Waals surface area contributed by atoms with Crippen molar-refractivity contribution in [2.45, 2.75) is 86.7 Å². The molecule has 0 aromatic heterocycles. The van der Waals surface area contributed by atoms with Crippen LogP contribution in [0.25, 0.3) is 0 Å². The normalized spacial score (nSPS) is 12.9. The van der Waals surface area contributed by atoms with E-state index in [2.05, 4.69) is 48.5 Å². The highest BCUT2D eigenvalue weighted by Crippen LogP contribution is 2.18. The molecule has 0 rings (SSSR count). The second-order valence-corrected chi connectivity index (χ2v) is 7.54. The fraction of sp³-hybridized carbons (Fsp3) is 0.850. The minimum Gasteiger partial charge on any atom is -0.463 e. The first-order valence-electron chi connectivity index (χ1n) is 9.09. The Morgan fingerprint density at radius 1 is 1.09 bits per heavy atom. The van der Waals surface area contributed by atoms with E-state index in [1.807, 2.05) is 13.0 Å². The van der Waals surface area contributed by atoms with Gasteiger partial charge in [-0.15, -0.1) is 0 Å². The zero-order valence-corrected chi connectivity index (χ0v) is 16.8. The third-order valence-electron chi connectivity index (χ3n) is 2.73. The highest BCUT2D eigenvalue weighted by Gasteiger charge is 2.14. The largest absolute Gasteiger partial charge is 0.463 e. The second kappa shape index (κ2) is 14.7. The van der Waals surface area contributed by atoms with Crippen LogP contribution < -0.4 is 0 Å². The lowest BCUT2D eigenvalue weighted by Crippen LogP contribution is -2.23. The average Bonchev–Trinajstić information content (AvgIpc) is 2.39. The van der Waals surface area contributed by atoms with Gasteiger partial charge in [0.2, 0.25) is 0 Å². The highest BCUT2D eigenvalue weighted by atomic mass is 16.5. The van der Waals surface area contributed by atoms with E-state index in [4.69, 9.17) is 9.47 Å². The van der Waals surface area contributed by atoms with E-state index in [0.29, 0.717) is 12.5 Å². The van der Waals surface area contributed by atoms with Crippen LogP contribution in [0.4, 0.5) is 0 Å². The summed E-state index contributed by atoms with van der Waals surface area (Å²) in [4.78, 5) is 11.1. The molecule has 0 radical (unpaired) electrons. The van der Waals surface area contributed by atoms with Crippen LogP contribution in [0.2, 0.25) is 0 Å². The molecular weight excluding hydrogens is 288 g/mol. The van der Waals surface area contributed by atoms with E-state index in [1.165, 1.54) is 18.9 Å². The van der Waals surface area contributed by atoms with Crippen molar-refractivity contribution in [3.63, 3.8) is 0 Å². The summed E-state index contributed by atoms with van der Waals surface area (Å²) in [5.74, 6) is 1.15. The van der Waals surface area contributed by atoms with E-state index < -0.39 is 0 Å². The fourth-order valence-corrected chi connectivity index (χ4v) is 1.79. The maximum Gasteiger partial charge on any atom is 0.330 e. The molecule has 0 aliphatic carbocycles. The minimum atomic E-state index is -0.250. The van der Waals surface area contributed by atoms with E-state index in [1.54, 1.807) is 0 Å². The van der Waals surface area contributed by atoms with Crippen LogP contribution in [-0.2, 0) is 14.3 Å². The molecule has 1 unspecified atom stereocenters. The van der Waals surface area contributed by atoms with Crippen molar-refractivity contribution in [1.82, 2.24) is 0 Å². The van der Waals surface area contributed by atoms with Gasteiger partial charge in [0.25, 0.3) is 0 Å². The Bertz CT molecular complexity index is 298. The maximum atomic E-state index is 11.1. The molecule has 0 saturated heterocycles. The first-order valence-corrected chi connectivity index (χ1v) is 9.09. The molecule has 0 aliphatic heterocycles. The average molecular weight is 329 g/mol. The number of carbonyl (C=O) groups excluding carboxylic acids is 1. The van der Waals surface area contributed by atoms with Crippen LogP contribution in [0, 0.1) is 11.8 Å². The van der Waals surface area contributed by atoms with Gasteiger partial charge in [0.15, 0.2) is 0 Å². The number of allylic oxidation sites excluding steroid dienone is 1. The van der Waals surface area contributed by atoms with Gasteiger partial charge in [-0.05, 0) is 58.8 Å². The summed E-state index contributed by atoms with van der Waals surface area (Å²) in [5.41, 5.74) is -0.0766. The molecule has 0 aliphatic rings. The van der Waals surface area contributed by atoms with Crippen molar-refractivity contribution in [1.29, 1.82) is 0 Å². The number of carbonyl (C=O) groups is 1. The number of ether oxygens (including phenoxy) is 2. The van der Waals surface area contributed by atoms with Crippen LogP contribution in [0.15, 0.2) is 12.2 Å². The molecular formula is C20H40O3. The van der Waals surface area contributed by atoms with Gasteiger partial charge >= 0.3 is 5.97 Å². The zero-order valence-electron chi connectivity index (χ0n) is 16.8. The predicted molar refractivity (Wildman–Crippen MR) is 99.6 cm³/mol. The van der Waals surface area contributed by atoms with Crippen LogP contribution in [0.1, 0.15) is 81.1 Å². The fourth-order valence-electron chi connectivity index (χ4n) is 1.79. The molecule has 0 aromatic carbocycles. The second-order valence-electron chi connectivity index (χ2n) is 7.54. The van der Waals surface area contributed by atoms with E-state index >= 15 is 0 Å². The molecule has 1 atom stereocenters. The van der Waals surface area contributed by atoms with Crippen LogP contribution >= 0.6 is 0 Å². The number of rotatable bonds is 9. The molecule has 138 valence electrons. The SMILES string of the molecule is CC(C)C.CCCC(CC/C=C/C(=O)OCC)COC(C)(C)C. The topological polar surface area (TPSA) is 35.5 Å². The van der Waals surface area contributed by atoms with Gasteiger partial charge < -0.3 is 9.47 Å². The zero-order chi connectivity index (χ0) is 18.3. The lowest BCUT2D eigenvalue weighted by molar-refractivity contribution is -0.137. The Morgan fingerprint density at radius 2 is 1.65 bits per heavy atom. The first kappa shape index (κ1) is 24.4. The van der Waals surface area contributed by atoms with E-state index in [-0.39, 0.29) is 11.6 Å². The molecule has 0 bridgehead atoms. The molecule has 0 heterocycles. The minimum absolute atomic E-state index is 0.0766. The van der Waals surface area contributed by atoms with Gasteiger partial charge in [0.05, 0.1) is 18.8 Å². The number of hydrogen-bond donors (Lipinski definition) is 0. The molecule has 0 fully saturated rings. The Kier molecular flexibility index (Phi) is 15.7. The summed E-state index contributed by atoms with van der Waals surface area (Å²) in [6.45, 7) is 18.0. The van der Waals surface area contributed by atoms with Gasteiger partial charge in [-0.1, -0.05) is 40.2 Å². The van der Waals surface area contributed by atoms with Gasteiger partial charge in [0.1, 0.15) is 0 Å². The predicted octanol–water partition coefficient (Wildman–Crippen LogP) is 5.78. The van der Waals surface area contributed by atoms with Crippen molar-refractivity contribution in [2.24, 2.45) is 11.8 Å². The molecule has 0 aromatic rings. The van der Waals surface area contributed by atoms with Gasteiger partial charge in [-0.2, -0.15) is 0 Å². The van der Waals surface area contributed by atoms with Crippen LogP contribution in [0.5, 0.6) is 0 Å². The van der Waals surface area contributed by atoms with Crippen molar-refractivity contribution in [3.8, 4) is 0 Å². The lowest BCUT2D eigenvalue weighted by atomic mass is 9.98. The summed E-state index contributed by atoms with van der Waals surface area (Å²) in [6, 6.07) is 0. The Hall–Kier alpha value is -0.830. The summed E-state index contributed by atoms with van der Waals surface area (Å²) < 4.78 is 10.7. The molecule has 3 heteroatoms. The number of hydrogen-bond acceptors (Lipinski definition) is 3. The maximum absolute atomic E-state index is 11.1. The Morgan fingerprint density at radius 3 is 2.09 bits per heavy atom. The standard InChI is InChI=1S/C16H30O3.C4H10/c1-6-10-14(13-19-16(3,4)5)11-8-9-12-15(17)18-7-2;1-4(2)3/h9,12,14H,6-8,10-11,13H2,1-5H3;4H,1-3H3/b12-9+;. The van der Waals surface area contributed by atoms with Gasteiger partial charge in [-0.3, -0.25) is 0 Å². The quantitative estimate of drug-likeness (QED) is 0.397. The molecule has 23 heavy (non-hydrogen) atoms. The highest BCUT2D eigenvalue weighted by molar-refractivity contribution is 5.81. The summed E-state index contributed by atoms with van der Waals surface area (Å²) in [5, 5.41) is 0. The molecule has 0 N–H and O–H groups in total. The third kappa shape index (κ3) is 23.6. The molecule has 0 amide bonds. The van der Waals surface area contributed by atoms with Crippen molar-refractivity contribution >= 4 is 5.97 Å². The Labute approximate surface area is 144 Å². The van der Waals surface area contributed by atoms with Crippen molar-refractivity contribution in [2.75, 3.05) is 13.2 Å².